The third kappa shape index (κ3) is 3.63. The Balaban J connectivity index is 1.34. The fourth-order valence-corrected chi connectivity index (χ4v) is 6.18. The standard InChI is InChI=1S/C27H29NO3S/c1-17(2)25(26-22-13-15-32-24(22)12-14-30-26)28(3)27(29)31-16-23-20-10-6-4-8-18(20)19-9-5-7-11-21(19)23/h4-11,13,15,17,23,25-26H,12,14,16H2,1-3H3/t25-,26?/m0/s1. The largest absolute Gasteiger partial charge is 0.448 e. The van der Waals surface area contributed by atoms with Crippen LogP contribution in [0.25, 0.3) is 11.1 Å². The van der Waals surface area contributed by atoms with Crippen molar-refractivity contribution in [1.82, 2.24) is 4.90 Å². The van der Waals surface area contributed by atoms with Gasteiger partial charge in [0.2, 0.25) is 0 Å². The Hall–Kier alpha value is -2.63. The Bertz CT molecular complexity index is 1080. The van der Waals surface area contributed by atoms with Gasteiger partial charge in [0.25, 0.3) is 0 Å². The number of fused-ring (bicyclic) bond motifs is 4. The van der Waals surface area contributed by atoms with E-state index in [1.807, 2.05) is 7.05 Å². The smallest absolute Gasteiger partial charge is 0.409 e. The van der Waals surface area contributed by atoms with E-state index >= 15 is 0 Å². The van der Waals surface area contributed by atoms with Crippen LogP contribution in [0.5, 0.6) is 0 Å². The van der Waals surface area contributed by atoms with Gasteiger partial charge in [-0.2, -0.15) is 0 Å². The predicted octanol–water partition coefficient (Wildman–Crippen LogP) is 6.27. The first kappa shape index (κ1) is 21.2. The SMILES string of the molecule is CC(C)[C@@H](C1OCCc2sccc21)N(C)C(=O)OCC1c2ccccc2-c2ccccc21. The minimum Gasteiger partial charge on any atom is -0.448 e. The average Bonchev–Trinajstić information content (AvgIpc) is 3.41. The number of carbonyl (C=O) groups excluding carboxylic acids is 1. The van der Waals surface area contributed by atoms with Crippen molar-refractivity contribution < 1.29 is 14.3 Å². The van der Waals surface area contributed by atoms with Gasteiger partial charge in [0.05, 0.1) is 12.6 Å². The van der Waals surface area contributed by atoms with E-state index in [-0.39, 0.29) is 30.1 Å². The van der Waals surface area contributed by atoms with Crippen molar-refractivity contribution in [3.8, 4) is 11.1 Å². The minimum absolute atomic E-state index is 0.0617. The van der Waals surface area contributed by atoms with Gasteiger partial charge in [0.1, 0.15) is 12.7 Å². The number of likely N-dealkylation sites (N-methyl/N-ethyl adjacent to an activating group) is 1. The van der Waals surface area contributed by atoms with Crippen molar-refractivity contribution in [1.29, 1.82) is 0 Å². The zero-order valence-corrected chi connectivity index (χ0v) is 19.6. The molecule has 0 saturated carbocycles. The molecule has 0 saturated heterocycles. The second-order valence-corrected chi connectivity index (χ2v) is 9.99. The van der Waals surface area contributed by atoms with Gasteiger partial charge in [-0.25, -0.2) is 4.79 Å². The molecular formula is C27H29NO3S. The first-order valence-corrected chi connectivity index (χ1v) is 12.2. The van der Waals surface area contributed by atoms with Crippen LogP contribution < -0.4 is 0 Å². The lowest BCUT2D eigenvalue weighted by molar-refractivity contribution is -0.0315. The van der Waals surface area contributed by atoms with Gasteiger partial charge < -0.3 is 14.4 Å². The van der Waals surface area contributed by atoms with Crippen molar-refractivity contribution in [2.75, 3.05) is 20.3 Å². The van der Waals surface area contributed by atoms with Gasteiger partial charge in [-0.1, -0.05) is 62.4 Å². The Morgan fingerprint density at radius 2 is 1.72 bits per heavy atom. The number of rotatable bonds is 5. The summed E-state index contributed by atoms with van der Waals surface area (Å²) in [7, 11) is 1.84. The van der Waals surface area contributed by atoms with E-state index in [0.717, 1.165) is 6.42 Å². The third-order valence-electron chi connectivity index (χ3n) is 6.78. The molecule has 32 heavy (non-hydrogen) atoms. The predicted molar refractivity (Wildman–Crippen MR) is 128 cm³/mol. The van der Waals surface area contributed by atoms with E-state index < -0.39 is 0 Å². The summed E-state index contributed by atoms with van der Waals surface area (Å²) in [5.74, 6) is 0.294. The summed E-state index contributed by atoms with van der Waals surface area (Å²) >= 11 is 1.78. The maximum absolute atomic E-state index is 13.2. The van der Waals surface area contributed by atoms with E-state index in [1.54, 1.807) is 16.2 Å². The van der Waals surface area contributed by atoms with E-state index in [2.05, 4.69) is 73.8 Å². The Kier molecular flexibility index (Phi) is 5.78. The van der Waals surface area contributed by atoms with E-state index in [1.165, 1.54) is 32.7 Å². The molecule has 2 atom stereocenters. The molecule has 2 aliphatic rings. The molecule has 0 N–H and O–H groups in total. The van der Waals surface area contributed by atoms with Crippen LogP contribution in [0.15, 0.2) is 60.0 Å². The number of benzene rings is 2. The first-order chi connectivity index (χ1) is 15.6. The lowest BCUT2D eigenvalue weighted by atomic mass is 9.91. The minimum atomic E-state index is -0.295. The highest BCUT2D eigenvalue weighted by Crippen LogP contribution is 2.44. The molecule has 1 aliphatic heterocycles. The Morgan fingerprint density at radius 3 is 2.38 bits per heavy atom. The fourth-order valence-electron chi connectivity index (χ4n) is 5.28. The number of thiophene rings is 1. The molecule has 5 rings (SSSR count). The first-order valence-electron chi connectivity index (χ1n) is 11.3. The lowest BCUT2D eigenvalue weighted by Crippen LogP contribution is -2.46. The van der Waals surface area contributed by atoms with Crippen LogP contribution in [0.4, 0.5) is 4.79 Å². The van der Waals surface area contributed by atoms with Crippen LogP contribution in [0.3, 0.4) is 0 Å². The van der Waals surface area contributed by atoms with Crippen LogP contribution in [-0.2, 0) is 15.9 Å². The van der Waals surface area contributed by atoms with Crippen molar-refractivity contribution in [3.63, 3.8) is 0 Å². The molecule has 1 amide bonds. The van der Waals surface area contributed by atoms with Crippen molar-refractivity contribution in [2.24, 2.45) is 5.92 Å². The number of hydrogen-bond donors (Lipinski definition) is 0. The molecule has 1 aromatic heterocycles. The summed E-state index contributed by atoms with van der Waals surface area (Å²) in [5, 5.41) is 2.12. The number of ether oxygens (including phenoxy) is 2. The molecule has 166 valence electrons. The number of hydrogen-bond acceptors (Lipinski definition) is 4. The van der Waals surface area contributed by atoms with Gasteiger partial charge in [-0.3, -0.25) is 0 Å². The van der Waals surface area contributed by atoms with Crippen LogP contribution in [0.1, 0.15) is 47.4 Å². The molecule has 2 heterocycles. The molecule has 2 aromatic carbocycles. The van der Waals surface area contributed by atoms with Gasteiger partial charge in [-0.15, -0.1) is 11.3 Å². The maximum Gasteiger partial charge on any atom is 0.409 e. The second kappa shape index (κ2) is 8.72. The summed E-state index contributed by atoms with van der Waals surface area (Å²) in [5.41, 5.74) is 6.14. The molecule has 1 unspecified atom stereocenters. The molecule has 0 bridgehead atoms. The molecule has 0 spiro atoms. The maximum atomic E-state index is 13.2. The van der Waals surface area contributed by atoms with Crippen molar-refractivity contribution >= 4 is 17.4 Å². The number of amides is 1. The van der Waals surface area contributed by atoms with E-state index in [9.17, 15) is 4.79 Å². The van der Waals surface area contributed by atoms with Gasteiger partial charge in [-0.05, 0) is 45.2 Å². The topological polar surface area (TPSA) is 38.8 Å². The van der Waals surface area contributed by atoms with E-state index in [4.69, 9.17) is 9.47 Å². The molecule has 3 aromatic rings. The highest BCUT2D eigenvalue weighted by molar-refractivity contribution is 7.10. The Labute approximate surface area is 193 Å². The van der Waals surface area contributed by atoms with Crippen LogP contribution in [-0.4, -0.2) is 37.3 Å². The zero-order valence-electron chi connectivity index (χ0n) is 18.8. The molecule has 0 radical (unpaired) electrons. The normalized spacial score (nSPS) is 18.1. The second-order valence-electron chi connectivity index (χ2n) is 8.99. The molecule has 5 heteroatoms. The molecular weight excluding hydrogens is 418 g/mol. The summed E-state index contributed by atoms with van der Waals surface area (Å²) in [6.07, 6.45) is 0.537. The molecule has 1 aliphatic carbocycles. The van der Waals surface area contributed by atoms with E-state index in [0.29, 0.717) is 13.2 Å². The quantitative estimate of drug-likeness (QED) is 0.463. The average molecular weight is 448 g/mol. The highest BCUT2D eigenvalue weighted by atomic mass is 32.1. The fraction of sp³-hybridized carbons (Fsp3) is 0.370. The molecule has 0 fully saturated rings. The number of nitrogens with zero attached hydrogens (tertiary/aromatic N) is 1. The van der Waals surface area contributed by atoms with Crippen molar-refractivity contribution in [3.05, 3.63) is 81.5 Å². The van der Waals surface area contributed by atoms with Crippen LogP contribution >= 0.6 is 11.3 Å². The summed E-state index contributed by atoms with van der Waals surface area (Å²) in [6.45, 7) is 5.31. The highest BCUT2D eigenvalue weighted by Gasteiger charge is 2.37. The zero-order chi connectivity index (χ0) is 22.2. The summed E-state index contributed by atoms with van der Waals surface area (Å²) in [4.78, 5) is 16.3. The third-order valence-corrected chi connectivity index (χ3v) is 7.77. The lowest BCUT2D eigenvalue weighted by Gasteiger charge is -2.38. The van der Waals surface area contributed by atoms with Crippen LogP contribution in [0, 0.1) is 5.92 Å². The molecule has 4 nitrogen and oxygen atoms in total. The monoisotopic (exact) mass is 447 g/mol. The van der Waals surface area contributed by atoms with Gasteiger partial charge >= 0.3 is 6.09 Å². The Morgan fingerprint density at radius 1 is 1.06 bits per heavy atom. The summed E-state index contributed by atoms with van der Waals surface area (Å²) < 4.78 is 12.1. The van der Waals surface area contributed by atoms with Crippen molar-refractivity contribution in [2.45, 2.75) is 38.3 Å². The van der Waals surface area contributed by atoms with Crippen LogP contribution in [0.2, 0.25) is 0 Å². The summed E-state index contributed by atoms with van der Waals surface area (Å²) in [6, 6.07) is 18.9. The number of carbonyl (C=O) groups is 1. The van der Waals surface area contributed by atoms with Gasteiger partial charge in [0.15, 0.2) is 0 Å². The van der Waals surface area contributed by atoms with Gasteiger partial charge in [0, 0.05) is 24.3 Å².